The average Bonchev–Trinajstić information content (AvgIpc) is 3.01. The molecular formula is C24H29N3O5S. The molecule has 1 atom stereocenters. The van der Waals surface area contributed by atoms with Crippen LogP contribution in [-0.4, -0.2) is 43.6 Å². The van der Waals surface area contributed by atoms with Crippen molar-refractivity contribution in [1.82, 2.24) is 4.90 Å². The Kier molecular flexibility index (Phi) is 7.04. The summed E-state index contributed by atoms with van der Waals surface area (Å²) in [6.45, 7) is 6.03. The summed E-state index contributed by atoms with van der Waals surface area (Å²) in [6.07, 6.45) is 0.540. The van der Waals surface area contributed by atoms with Gasteiger partial charge in [-0.3, -0.25) is 14.4 Å². The summed E-state index contributed by atoms with van der Waals surface area (Å²) < 4.78 is 22.9. The first-order chi connectivity index (χ1) is 15.4. The topological polar surface area (TPSA) is 118 Å². The lowest BCUT2D eigenvalue weighted by Crippen LogP contribution is -2.47. The van der Waals surface area contributed by atoms with Crippen molar-refractivity contribution in [2.75, 3.05) is 11.4 Å². The minimum Gasteiger partial charge on any atom is -0.330 e. The second-order valence-corrected chi connectivity index (χ2v) is 10.9. The zero-order valence-corrected chi connectivity index (χ0v) is 19.8. The van der Waals surface area contributed by atoms with Gasteiger partial charge in [0.05, 0.1) is 17.0 Å². The molecule has 33 heavy (non-hydrogen) atoms. The van der Waals surface area contributed by atoms with Gasteiger partial charge in [0.25, 0.3) is 5.91 Å². The molecule has 0 aliphatic carbocycles. The Bertz CT molecular complexity index is 1140. The lowest BCUT2D eigenvalue weighted by Gasteiger charge is -2.30. The van der Waals surface area contributed by atoms with Gasteiger partial charge in [0.2, 0.25) is 21.8 Å². The molecule has 2 aromatic carbocycles. The SMILES string of the molecule is CC(C)(C)CC(=O)N(CCc1ccc(S(N)(=O)=O)cc1)C1CC(=O)N(c2ccccc2)C1=O. The van der Waals surface area contributed by atoms with E-state index in [1.165, 1.54) is 17.0 Å². The molecule has 0 radical (unpaired) electrons. The normalized spacial score (nSPS) is 16.8. The number of rotatable bonds is 7. The molecule has 1 fully saturated rings. The van der Waals surface area contributed by atoms with Crippen LogP contribution in [0.1, 0.15) is 39.2 Å². The summed E-state index contributed by atoms with van der Waals surface area (Å²) in [5.74, 6) is -0.968. The van der Waals surface area contributed by atoms with Crippen LogP contribution < -0.4 is 10.0 Å². The van der Waals surface area contributed by atoms with E-state index in [1.54, 1.807) is 42.5 Å². The number of hydrogen-bond donors (Lipinski definition) is 1. The van der Waals surface area contributed by atoms with Crippen molar-refractivity contribution < 1.29 is 22.8 Å². The van der Waals surface area contributed by atoms with E-state index in [9.17, 15) is 22.8 Å². The van der Waals surface area contributed by atoms with Gasteiger partial charge in [-0.25, -0.2) is 18.5 Å². The molecule has 2 N–H and O–H groups in total. The molecule has 3 amide bonds. The largest absolute Gasteiger partial charge is 0.330 e. The van der Waals surface area contributed by atoms with Gasteiger partial charge in [-0.1, -0.05) is 51.1 Å². The fourth-order valence-corrected chi connectivity index (χ4v) is 4.33. The van der Waals surface area contributed by atoms with E-state index in [0.717, 1.165) is 10.5 Å². The number of imide groups is 1. The Labute approximate surface area is 194 Å². The second-order valence-electron chi connectivity index (χ2n) is 9.39. The molecule has 1 aliphatic rings. The Hall–Kier alpha value is -3.04. The number of benzene rings is 2. The second kappa shape index (κ2) is 9.44. The summed E-state index contributed by atoms with van der Waals surface area (Å²) in [5.41, 5.74) is 0.974. The van der Waals surface area contributed by atoms with Gasteiger partial charge < -0.3 is 4.90 Å². The van der Waals surface area contributed by atoms with E-state index in [2.05, 4.69) is 0 Å². The van der Waals surface area contributed by atoms with E-state index in [0.29, 0.717) is 12.1 Å². The third-order valence-corrected chi connectivity index (χ3v) is 6.34. The quantitative estimate of drug-likeness (QED) is 0.623. The molecule has 1 heterocycles. The predicted molar refractivity (Wildman–Crippen MR) is 125 cm³/mol. The number of carbonyl (C=O) groups is 3. The number of carbonyl (C=O) groups excluding carboxylic acids is 3. The van der Waals surface area contributed by atoms with E-state index in [4.69, 9.17) is 5.14 Å². The third-order valence-electron chi connectivity index (χ3n) is 5.41. The molecule has 9 heteroatoms. The molecule has 0 spiro atoms. The van der Waals surface area contributed by atoms with Crippen LogP contribution in [-0.2, 0) is 30.8 Å². The number of primary sulfonamides is 1. The first-order valence-corrected chi connectivity index (χ1v) is 12.2. The maximum absolute atomic E-state index is 13.2. The first-order valence-electron chi connectivity index (χ1n) is 10.7. The molecule has 3 rings (SSSR count). The van der Waals surface area contributed by atoms with Gasteiger partial charge in [0, 0.05) is 13.0 Å². The number of amides is 3. The van der Waals surface area contributed by atoms with Gasteiger partial charge in [0.15, 0.2) is 0 Å². The highest BCUT2D eigenvalue weighted by Crippen LogP contribution is 2.28. The standard InChI is InChI=1S/C24H29N3O5S/c1-24(2,3)16-22(29)26(14-13-17-9-11-19(12-10-17)33(25,31)32)20-15-21(28)27(23(20)30)18-7-5-4-6-8-18/h4-12,20H,13-16H2,1-3H3,(H2,25,31,32). The molecule has 1 unspecified atom stereocenters. The third kappa shape index (κ3) is 6.06. The van der Waals surface area contributed by atoms with Gasteiger partial charge in [-0.2, -0.15) is 0 Å². The lowest BCUT2D eigenvalue weighted by atomic mass is 9.91. The van der Waals surface area contributed by atoms with Crippen LogP contribution in [0.15, 0.2) is 59.5 Å². The summed E-state index contributed by atoms with van der Waals surface area (Å²) in [7, 11) is -3.80. The van der Waals surface area contributed by atoms with Crippen molar-refractivity contribution in [3.8, 4) is 0 Å². The zero-order valence-electron chi connectivity index (χ0n) is 19.0. The molecule has 0 aromatic heterocycles. The van der Waals surface area contributed by atoms with E-state index >= 15 is 0 Å². The molecule has 0 bridgehead atoms. The van der Waals surface area contributed by atoms with E-state index in [-0.39, 0.29) is 41.5 Å². The summed E-state index contributed by atoms with van der Waals surface area (Å²) in [4.78, 5) is 41.8. The van der Waals surface area contributed by atoms with Crippen molar-refractivity contribution in [3.05, 3.63) is 60.2 Å². The lowest BCUT2D eigenvalue weighted by molar-refractivity contribution is -0.139. The van der Waals surface area contributed by atoms with Crippen LogP contribution in [0, 0.1) is 5.41 Å². The van der Waals surface area contributed by atoms with Crippen LogP contribution in [0.5, 0.6) is 0 Å². The number of anilines is 1. The van der Waals surface area contributed by atoms with Crippen molar-refractivity contribution in [1.29, 1.82) is 0 Å². The number of nitrogens with two attached hydrogens (primary N) is 1. The molecule has 0 saturated carbocycles. The number of hydrogen-bond acceptors (Lipinski definition) is 5. The summed E-state index contributed by atoms with van der Waals surface area (Å²) >= 11 is 0. The van der Waals surface area contributed by atoms with Gasteiger partial charge in [0.1, 0.15) is 6.04 Å². The Balaban J connectivity index is 1.83. The van der Waals surface area contributed by atoms with Gasteiger partial charge in [-0.05, 0) is 41.7 Å². The van der Waals surface area contributed by atoms with Crippen molar-refractivity contribution >= 4 is 33.4 Å². The fraction of sp³-hybridized carbons (Fsp3) is 0.375. The van der Waals surface area contributed by atoms with E-state index < -0.39 is 22.0 Å². The zero-order chi connectivity index (χ0) is 24.4. The Morgan fingerprint density at radius 3 is 2.21 bits per heavy atom. The van der Waals surface area contributed by atoms with Crippen LogP contribution in [0.25, 0.3) is 0 Å². The van der Waals surface area contributed by atoms with Crippen LogP contribution >= 0.6 is 0 Å². The van der Waals surface area contributed by atoms with Crippen molar-refractivity contribution in [3.63, 3.8) is 0 Å². The minimum atomic E-state index is -3.80. The Morgan fingerprint density at radius 1 is 1.06 bits per heavy atom. The number of nitrogens with zero attached hydrogens (tertiary/aromatic N) is 2. The molecule has 176 valence electrons. The molecule has 1 saturated heterocycles. The molecular weight excluding hydrogens is 442 g/mol. The van der Waals surface area contributed by atoms with Gasteiger partial charge in [-0.15, -0.1) is 0 Å². The summed E-state index contributed by atoms with van der Waals surface area (Å²) in [5, 5.41) is 5.14. The molecule has 2 aromatic rings. The van der Waals surface area contributed by atoms with E-state index in [1.807, 2.05) is 20.8 Å². The number of sulfonamides is 1. The number of para-hydroxylation sites is 1. The minimum absolute atomic E-state index is 0.00184. The van der Waals surface area contributed by atoms with Crippen LogP contribution in [0.4, 0.5) is 5.69 Å². The average molecular weight is 472 g/mol. The summed E-state index contributed by atoms with van der Waals surface area (Å²) in [6, 6.07) is 13.9. The van der Waals surface area contributed by atoms with Crippen molar-refractivity contribution in [2.24, 2.45) is 10.6 Å². The first kappa shape index (κ1) is 24.6. The maximum atomic E-state index is 13.2. The van der Waals surface area contributed by atoms with Crippen LogP contribution in [0.3, 0.4) is 0 Å². The van der Waals surface area contributed by atoms with Gasteiger partial charge >= 0.3 is 0 Å². The maximum Gasteiger partial charge on any atom is 0.257 e. The van der Waals surface area contributed by atoms with Crippen molar-refractivity contribution in [2.45, 2.75) is 51.0 Å². The fourth-order valence-electron chi connectivity index (χ4n) is 3.81. The highest BCUT2D eigenvalue weighted by atomic mass is 32.2. The Morgan fingerprint density at radius 2 is 1.67 bits per heavy atom. The smallest absolute Gasteiger partial charge is 0.257 e. The highest BCUT2D eigenvalue weighted by molar-refractivity contribution is 7.89. The molecule has 8 nitrogen and oxygen atoms in total. The molecule has 1 aliphatic heterocycles. The predicted octanol–water partition coefficient (Wildman–Crippen LogP) is 2.47. The monoisotopic (exact) mass is 471 g/mol. The van der Waals surface area contributed by atoms with Crippen LogP contribution in [0.2, 0.25) is 0 Å². The highest BCUT2D eigenvalue weighted by Gasteiger charge is 2.44.